The summed E-state index contributed by atoms with van der Waals surface area (Å²) >= 11 is 0. The van der Waals surface area contributed by atoms with Gasteiger partial charge in [0.25, 0.3) is 0 Å². The van der Waals surface area contributed by atoms with Gasteiger partial charge in [-0.1, -0.05) is 6.92 Å². The van der Waals surface area contributed by atoms with E-state index in [9.17, 15) is 9.59 Å². The Morgan fingerprint density at radius 2 is 1.75 bits per heavy atom. The molecule has 12 heavy (non-hydrogen) atoms. The van der Waals surface area contributed by atoms with Gasteiger partial charge >= 0.3 is 0 Å². The van der Waals surface area contributed by atoms with Crippen molar-refractivity contribution in [1.82, 2.24) is 0 Å². The molecule has 0 aliphatic rings. The van der Waals surface area contributed by atoms with Gasteiger partial charge in [-0.3, -0.25) is 9.59 Å². The van der Waals surface area contributed by atoms with E-state index in [2.05, 4.69) is 0 Å². The predicted octanol–water partition coefficient (Wildman–Crippen LogP) is 0.908. The normalized spacial score (nSPS) is 15.3. The van der Waals surface area contributed by atoms with Gasteiger partial charge in [0.2, 0.25) is 0 Å². The summed E-state index contributed by atoms with van der Waals surface area (Å²) in [5.41, 5.74) is 5.53. The van der Waals surface area contributed by atoms with E-state index >= 15 is 0 Å². The second kappa shape index (κ2) is 5.04. The van der Waals surface area contributed by atoms with Crippen LogP contribution < -0.4 is 5.73 Å². The molecule has 0 aromatic carbocycles. The third-order valence-electron chi connectivity index (χ3n) is 2.13. The molecule has 0 rings (SSSR count). The molecule has 0 radical (unpaired) electrons. The summed E-state index contributed by atoms with van der Waals surface area (Å²) in [6.45, 7) is 4.93. The number of ketones is 2. The Morgan fingerprint density at radius 1 is 1.25 bits per heavy atom. The van der Waals surface area contributed by atoms with Crippen molar-refractivity contribution in [3.63, 3.8) is 0 Å². The zero-order valence-corrected chi connectivity index (χ0v) is 7.96. The maximum absolute atomic E-state index is 11.0. The van der Waals surface area contributed by atoms with Crippen LogP contribution in [-0.4, -0.2) is 17.6 Å². The van der Waals surface area contributed by atoms with E-state index in [-0.39, 0.29) is 17.5 Å². The van der Waals surface area contributed by atoms with Crippen LogP contribution in [0.3, 0.4) is 0 Å². The standard InChI is InChI=1S/C9H17NO2/c1-4-8(6(2)11)5-9(10)7(3)12/h8-9H,4-5,10H2,1-3H3. The van der Waals surface area contributed by atoms with Gasteiger partial charge in [0.05, 0.1) is 6.04 Å². The van der Waals surface area contributed by atoms with Crippen LogP contribution in [0.1, 0.15) is 33.6 Å². The highest BCUT2D eigenvalue weighted by Crippen LogP contribution is 2.11. The summed E-state index contributed by atoms with van der Waals surface area (Å²) in [7, 11) is 0. The predicted molar refractivity (Wildman–Crippen MR) is 47.7 cm³/mol. The molecule has 3 heteroatoms. The molecule has 0 fully saturated rings. The molecule has 0 saturated heterocycles. The van der Waals surface area contributed by atoms with E-state index in [0.717, 1.165) is 6.42 Å². The van der Waals surface area contributed by atoms with Crippen molar-refractivity contribution in [3.05, 3.63) is 0 Å². The molecule has 2 N–H and O–H groups in total. The van der Waals surface area contributed by atoms with Gasteiger partial charge in [0, 0.05) is 5.92 Å². The number of carbonyl (C=O) groups is 2. The average Bonchev–Trinajstić information content (AvgIpc) is 1.98. The van der Waals surface area contributed by atoms with Crippen molar-refractivity contribution < 1.29 is 9.59 Å². The number of Topliss-reactive ketones (excluding diaryl/α,β-unsaturated/α-hetero) is 2. The molecule has 2 atom stereocenters. The van der Waals surface area contributed by atoms with Gasteiger partial charge in [-0.25, -0.2) is 0 Å². The average molecular weight is 171 g/mol. The fraction of sp³-hybridized carbons (Fsp3) is 0.778. The van der Waals surface area contributed by atoms with Crippen molar-refractivity contribution in [2.24, 2.45) is 11.7 Å². The number of rotatable bonds is 5. The Bertz CT molecular complexity index is 177. The monoisotopic (exact) mass is 171 g/mol. The van der Waals surface area contributed by atoms with E-state index in [1.165, 1.54) is 6.92 Å². The molecule has 0 spiro atoms. The van der Waals surface area contributed by atoms with Crippen molar-refractivity contribution in [1.29, 1.82) is 0 Å². The first-order chi connectivity index (χ1) is 5.49. The summed E-state index contributed by atoms with van der Waals surface area (Å²) in [6, 6.07) is -0.473. The zero-order chi connectivity index (χ0) is 9.72. The van der Waals surface area contributed by atoms with Crippen LogP contribution in [0.5, 0.6) is 0 Å². The topological polar surface area (TPSA) is 60.2 Å². The maximum atomic E-state index is 11.0. The van der Waals surface area contributed by atoms with Gasteiger partial charge in [-0.15, -0.1) is 0 Å². The van der Waals surface area contributed by atoms with Crippen LogP contribution in [0.25, 0.3) is 0 Å². The fourth-order valence-corrected chi connectivity index (χ4v) is 1.09. The lowest BCUT2D eigenvalue weighted by molar-refractivity contribution is -0.122. The Morgan fingerprint density at radius 3 is 2.00 bits per heavy atom. The van der Waals surface area contributed by atoms with E-state index in [4.69, 9.17) is 5.73 Å². The van der Waals surface area contributed by atoms with Gasteiger partial charge in [-0.2, -0.15) is 0 Å². The van der Waals surface area contributed by atoms with Gasteiger partial charge in [-0.05, 0) is 26.7 Å². The molecular formula is C9H17NO2. The number of nitrogens with two attached hydrogens (primary N) is 1. The molecule has 0 amide bonds. The molecular weight excluding hydrogens is 154 g/mol. The third kappa shape index (κ3) is 3.62. The minimum atomic E-state index is -0.473. The molecule has 0 aliphatic heterocycles. The van der Waals surface area contributed by atoms with Gasteiger partial charge < -0.3 is 5.73 Å². The Balaban J connectivity index is 4.02. The van der Waals surface area contributed by atoms with E-state index in [0.29, 0.717) is 6.42 Å². The second-order valence-electron chi connectivity index (χ2n) is 3.17. The van der Waals surface area contributed by atoms with Crippen LogP contribution in [0, 0.1) is 5.92 Å². The quantitative estimate of drug-likeness (QED) is 0.668. The first-order valence-corrected chi connectivity index (χ1v) is 4.25. The highest BCUT2D eigenvalue weighted by atomic mass is 16.1. The van der Waals surface area contributed by atoms with Gasteiger partial charge in [0.15, 0.2) is 0 Å². The summed E-state index contributed by atoms with van der Waals surface area (Å²) in [4.78, 5) is 21.7. The highest BCUT2D eigenvalue weighted by Gasteiger charge is 2.18. The first-order valence-electron chi connectivity index (χ1n) is 4.25. The van der Waals surface area contributed by atoms with Crippen LogP contribution in [0.2, 0.25) is 0 Å². The minimum Gasteiger partial charge on any atom is -0.321 e. The smallest absolute Gasteiger partial charge is 0.146 e. The number of hydrogen-bond acceptors (Lipinski definition) is 3. The summed E-state index contributed by atoms with van der Waals surface area (Å²) < 4.78 is 0. The second-order valence-corrected chi connectivity index (χ2v) is 3.17. The van der Waals surface area contributed by atoms with Crippen LogP contribution in [0.15, 0.2) is 0 Å². The van der Waals surface area contributed by atoms with E-state index in [1.54, 1.807) is 6.92 Å². The van der Waals surface area contributed by atoms with Crippen LogP contribution in [-0.2, 0) is 9.59 Å². The molecule has 0 aliphatic carbocycles. The van der Waals surface area contributed by atoms with E-state index in [1.807, 2.05) is 6.92 Å². The largest absolute Gasteiger partial charge is 0.321 e. The molecule has 0 aromatic rings. The van der Waals surface area contributed by atoms with E-state index < -0.39 is 6.04 Å². The molecule has 0 saturated carbocycles. The highest BCUT2D eigenvalue weighted by molar-refractivity contribution is 5.83. The Hall–Kier alpha value is -0.700. The summed E-state index contributed by atoms with van der Waals surface area (Å²) in [6.07, 6.45) is 1.25. The number of hydrogen-bond donors (Lipinski definition) is 1. The first kappa shape index (κ1) is 11.3. The lowest BCUT2D eigenvalue weighted by Crippen LogP contribution is -2.32. The van der Waals surface area contributed by atoms with Crippen LogP contribution in [0.4, 0.5) is 0 Å². The minimum absolute atomic E-state index is 0.0466. The molecule has 0 aromatic heterocycles. The SMILES string of the molecule is CCC(CC(N)C(C)=O)C(C)=O. The van der Waals surface area contributed by atoms with Gasteiger partial charge in [0.1, 0.15) is 11.6 Å². The molecule has 70 valence electrons. The fourth-order valence-electron chi connectivity index (χ4n) is 1.09. The Labute approximate surface area is 73.3 Å². The molecule has 3 nitrogen and oxygen atoms in total. The lowest BCUT2D eigenvalue weighted by Gasteiger charge is -2.14. The molecule has 0 heterocycles. The maximum Gasteiger partial charge on any atom is 0.146 e. The summed E-state index contributed by atoms with van der Waals surface area (Å²) in [5.74, 6) is 0.0211. The molecule has 2 unspecified atom stereocenters. The van der Waals surface area contributed by atoms with Crippen molar-refractivity contribution in [3.8, 4) is 0 Å². The molecule has 0 bridgehead atoms. The number of carbonyl (C=O) groups excluding carboxylic acids is 2. The third-order valence-corrected chi connectivity index (χ3v) is 2.13. The van der Waals surface area contributed by atoms with Crippen molar-refractivity contribution in [2.75, 3.05) is 0 Å². The Kier molecular flexibility index (Phi) is 4.74. The zero-order valence-electron chi connectivity index (χ0n) is 7.96. The summed E-state index contributed by atoms with van der Waals surface area (Å²) in [5, 5.41) is 0. The van der Waals surface area contributed by atoms with Crippen molar-refractivity contribution >= 4 is 11.6 Å². The van der Waals surface area contributed by atoms with Crippen molar-refractivity contribution in [2.45, 2.75) is 39.7 Å². The lowest BCUT2D eigenvalue weighted by atomic mass is 9.93. The van der Waals surface area contributed by atoms with Crippen LogP contribution >= 0.6 is 0 Å².